The molecule has 0 aromatic rings. The smallest absolute Gasteiger partial charge is 0.338 e. The normalized spacial score (nSPS) is 10.9. The van der Waals surface area contributed by atoms with Crippen molar-refractivity contribution in [1.82, 2.24) is 0 Å². The van der Waals surface area contributed by atoms with Crippen LogP contribution in [0.25, 0.3) is 0 Å². The average molecular weight is 499 g/mol. The first-order valence-corrected chi connectivity index (χ1v) is 13.6. The predicted octanol–water partition coefficient (Wildman–Crippen LogP) is 4.25. The molecule has 0 saturated heterocycles. The summed E-state index contributed by atoms with van der Waals surface area (Å²) >= 11 is 0. The van der Waals surface area contributed by atoms with Crippen molar-refractivity contribution in [2.75, 3.05) is 7.11 Å². The molecule has 10 heteroatoms. The highest BCUT2D eigenvalue weighted by Gasteiger charge is 2.13. The lowest BCUT2D eigenvalue weighted by Gasteiger charge is -2.17. The molecule has 34 heavy (non-hydrogen) atoms. The third kappa shape index (κ3) is 42.5. The maximum absolute atomic E-state index is 10.5. The number of aliphatic carboxylic acids is 1. The SMILES string of the molecule is C=CC(=O)O.C=CC(=O)OC.C=CC(=O)OC(C)(C)C.C=CC[Si](C)(C)C.O=C1C=CC(=O)O1. The van der Waals surface area contributed by atoms with E-state index in [2.05, 4.69) is 55.4 Å². The second-order valence-corrected chi connectivity index (χ2v) is 13.7. The maximum Gasteiger partial charge on any atom is 0.338 e. The van der Waals surface area contributed by atoms with Gasteiger partial charge in [0.2, 0.25) is 0 Å². The van der Waals surface area contributed by atoms with Crippen molar-refractivity contribution >= 4 is 37.9 Å². The van der Waals surface area contributed by atoms with Crippen molar-refractivity contribution in [1.29, 1.82) is 0 Å². The number of esters is 4. The van der Waals surface area contributed by atoms with Crippen LogP contribution in [0.1, 0.15) is 20.8 Å². The van der Waals surface area contributed by atoms with Crippen molar-refractivity contribution in [2.24, 2.45) is 0 Å². The lowest BCUT2D eigenvalue weighted by molar-refractivity contribution is -0.151. The number of carboxylic acids is 1. The second-order valence-electron chi connectivity index (χ2n) is 8.13. The molecule has 0 unspecified atom stereocenters. The molecular weight excluding hydrogens is 460 g/mol. The standard InChI is InChI=1S/C7H12O2.C6H14Si.C4H2O3.C4H6O2.C3H4O2/c1-5-6(8)9-7(2,3)4;1-5-6-7(2,3)4;5-3-1-2-4(6)7-3;1-3-4(5)6-2;1-2-3(4)5/h5H,1H2,2-4H3;5H,1,6H2,2-4H3;1-2H;3H,1H2,2H3;2H,1H2,(H,4,5). The number of cyclic esters (lactones) is 2. The minimum atomic E-state index is -0.981. The molecule has 1 aliphatic heterocycles. The van der Waals surface area contributed by atoms with Gasteiger partial charge in [-0.25, -0.2) is 24.0 Å². The van der Waals surface area contributed by atoms with Gasteiger partial charge in [0.25, 0.3) is 0 Å². The van der Waals surface area contributed by atoms with Crippen LogP contribution in [-0.4, -0.2) is 55.7 Å². The van der Waals surface area contributed by atoms with Crippen LogP contribution in [0.4, 0.5) is 0 Å². The quantitative estimate of drug-likeness (QED) is 0.147. The minimum absolute atomic E-state index is 0.373. The summed E-state index contributed by atoms with van der Waals surface area (Å²) in [5, 5.41) is 7.60. The van der Waals surface area contributed by atoms with Crippen LogP contribution in [0.2, 0.25) is 25.7 Å². The van der Waals surface area contributed by atoms with Gasteiger partial charge >= 0.3 is 29.8 Å². The van der Waals surface area contributed by atoms with E-state index in [0.29, 0.717) is 0 Å². The van der Waals surface area contributed by atoms with E-state index in [9.17, 15) is 24.0 Å². The number of allylic oxidation sites excluding steroid dienone is 1. The van der Waals surface area contributed by atoms with E-state index in [0.717, 1.165) is 30.4 Å². The zero-order valence-corrected chi connectivity index (χ0v) is 22.2. The van der Waals surface area contributed by atoms with Gasteiger partial charge in [-0.3, -0.25) is 0 Å². The van der Waals surface area contributed by atoms with E-state index < -0.39 is 37.6 Å². The fraction of sp³-hybridized carbons (Fsp3) is 0.375. The molecule has 192 valence electrons. The molecule has 0 radical (unpaired) electrons. The Morgan fingerprint density at radius 1 is 0.941 bits per heavy atom. The summed E-state index contributed by atoms with van der Waals surface area (Å²) in [6, 6.07) is 1.24. The van der Waals surface area contributed by atoms with Gasteiger partial charge < -0.3 is 19.3 Å². The van der Waals surface area contributed by atoms with Gasteiger partial charge in [-0.2, -0.15) is 0 Å². The van der Waals surface area contributed by atoms with E-state index >= 15 is 0 Å². The minimum Gasteiger partial charge on any atom is -0.478 e. The van der Waals surface area contributed by atoms with E-state index in [1.807, 2.05) is 26.8 Å². The monoisotopic (exact) mass is 498 g/mol. The summed E-state index contributed by atoms with van der Waals surface area (Å²) in [7, 11) is 0.534. The zero-order valence-electron chi connectivity index (χ0n) is 21.2. The van der Waals surface area contributed by atoms with Gasteiger partial charge in [0.15, 0.2) is 0 Å². The van der Waals surface area contributed by atoms with Crippen molar-refractivity contribution in [2.45, 2.75) is 52.1 Å². The molecule has 1 aliphatic rings. The molecular formula is C24H38O9Si. The van der Waals surface area contributed by atoms with Gasteiger partial charge in [-0.15, -0.1) is 6.58 Å². The van der Waals surface area contributed by atoms with Crippen LogP contribution < -0.4 is 0 Å². The van der Waals surface area contributed by atoms with Crippen molar-refractivity contribution in [3.05, 3.63) is 62.8 Å². The van der Waals surface area contributed by atoms with E-state index in [4.69, 9.17) is 9.84 Å². The first-order chi connectivity index (χ1) is 15.4. The largest absolute Gasteiger partial charge is 0.478 e. The Balaban J connectivity index is -0.000000168. The molecule has 0 aromatic carbocycles. The summed E-state index contributed by atoms with van der Waals surface area (Å²) < 4.78 is 12.9. The summed E-state index contributed by atoms with van der Waals surface area (Å²) in [4.78, 5) is 49.4. The van der Waals surface area contributed by atoms with Crippen LogP contribution in [0.5, 0.6) is 0 Å². The first kappa shape index (κ1) is 37.8. The average Bonchev–Trinajstić information content (AvgIpc) is 3.09. The van der Waals surface area contributed by atoms with Gasteiger partial charge in [0.1, 0.15) is 5.60 Å². The Morgan fingerprint density at radius 2 is 1.32 bits per heavy atom. The Morgan fingerprint density at radius 3 is 1.38 bits per heavy atom. The van der Waals surface area contributed by atoms with Crippen molar-refractivity contribution in [3.63, 3.8) is 0 Å². The third-order valence-electron chi connectivity index (χ3n) is 2.43. The summed E-state index contributed by atoms with van der Waals surface area (Å²) in [6.45, 7) is 25.5. The highest BCUT2D eigenvalue weighted by Crippen LogP contribution is 2.07. The lowest BCUT2D eigenvalue weighted by atomic mass is 10.2. The number of methoxy groups -OCH3 is 1. The summed E-state index contributed by atoms with van der Waals surface area (Å²) in [6.07, 6.45) is 7.29. The number of rotatable bonds is 5. The van der Waals surface area contributed by atoms with Crippen LogP contribution >= 0.6 is 0 Å². The van der Waals surface area contributed by atoms with E-state index in [1.165, 1.54) is 13.2 Å². The number of carbonyl (C=O) groups is 5. The fourth-order valence-corrected chi connectivity index (χ4v) is 2.03. The van der Waals surface area contributed by atoms with E-state index in [-0.39, 0.29) is 5.97 Å². The third-order valence-corrected chi connectivity index (χ3v) is 3.94. The second kappa shape index (κ2) is 21.3. The molecule has 1 N–H and O–H groups in total. The summed E-state index contributed by atoms with van der Waals surface area (Å²) in [5.41, 5.74) is -0.398. The molecule has 0 atom stereocenters. The topological polar surface area (TPSA) is 133 Å². The van der Waals surface area contributed by atoms with Gasteiger partial charge in [0, 0.05) is 38.5 Å². The molecule has 1 heterocycles. The first-order valence-electron chi connectivity index (χ1n) is 9.84. The molecule has 9 nitrogen and oxygen atoms in total. The Kier molecular flexibility index (Phi) is 23.7. The lowest BCUT2D eigenvalue weighted by Crippen LogP contribution is -2.22. The molecule has 0 amide bonds. The fourth-order valence-electron chi connectivity index (χ4n) is 1.16. The van der Waals surface area contributed by atoms with Gasteiger partial charge in [0.05, 0.1) is 7.11 Å². The van der Waals surface area contributed by atoms with Crippen LogP contribution in [0, 0.1) is 0 Å². The van der Waals surface area contributed by atoms with Gasteiger partial charge in [-0.05, 0) is 26.8 Å². The molecule has 0 aliphatic carbocycles. The van der Waals surface area contributed by atoms with Crippen molar-refractivity contribution < 1.29 is 43.3 Å². The van der Waals surface area contributed by atoms with Gasteiger partial charge in [-0.1, -0.05) is 45.5 Å². The molecule has 0 spiro atoms. The molecule has 0 fully saturated rings. The number of hydrogen-bond acceptors (Lipinski definition) is 8. The van der Waals surface area contributed by atoms with Crippen LogP contribution in [0.15, 0.2) is 62.8 Å². The number of ether oxygens (including phenoxy) is 3. The highest BCUT2D eigenvalue weighted by atomic mass is 28.3. The predicted molar refractivity (Wildman–Crippen MR) is 135 cm³/mol. The molecule has 0 saturated carbocycles. The number of hydrogen-bond donors (Lipinski definition) is 1. The van der Waals surface area contributed by atoms with Crippen molar-refractivity contribution in [3.8, 4) is 0 Å². The Bertz CT molecular complexity index is 721. The maximum atomic E-state index is 10.5. The Labute approximate surface area is 203 Å². The van der Waals surface area contributed by atoms with Crippen LogP contribution in [-0.2, 0) is 38.2 Å². The molecule has 0 bridgehead atoms. The molecule has 0 aromatic heterocycles. The summed E-state index contributed by atoms with van der Waals surface area (Å²) in [5.74, 6) is -2.91. The zero-order chi connectivity index (χ0) is 28.0. The van der Waals surface area contributed by atoms with E-state index in [1.54, 1.807) is 0 Å². The van der Waals surface area contributed by atoms with Crippen LogP contribution in [0.3, 0.4) is 0 Å². The highest BCUT2D eigenvalue weighted by molar-refractivity contribution is 6.76. The Hall–Kier alpha value is -3.53. The molecule has 1 rings (SSSR count). The number of carboxylic acid groups (broad SMARTS) is 1. The number of carbonyl (C=O) groups excluding carboxylic acids is 4.